The Hall–Kier alpha value is -3.09. The monoisotopic (exact) mass is 386 g/mol. The number of rotatable bonds is 7. The van der Waals surface area contributed by atoms with Crippen molar-refractivity contribution in [2.45, 2.75) is 19.9 Å². The van der Waals surface area contributed by atoms with Crippen LogP contribution in [0, 0.1) is 12.7 Å². The molecule has 2 rings (SSSR count). The molecule has 0 spiro atoms. The van der Waals surface area contributed by atoms with E-state index in [1.807, 2.05) is 13.0 Å². The largest absolute Gasteiger partial charge is 0.497 e. The van der Waals surface area contributed by atoms with Gasteiger partial charge in [-0.1, -0.05) is 18.2 Å². The third-order valence-electron chi connectivity index (χ3n) is 4.31. The first-order chi connectivity index (χ1) is 13.4. The molecule has 1 atom stereocenters. The summed E-state index contributed by atoms with van der Waals surface area (Å²) in [5.41, 5.74) is 1.99. The number of carbonyl (C=O) groups is 1. The summed E-state index contributed by atoms with van der Waals surface area (Å²) in [5.74, 6) is 0.808. The molecule has 0 aliphatic rings. The van der Waals surface area contributed by atoms with Gasteiger partial charge in [-0.2, -0.15) is 0 Å². The molecule has 28 heavy (non-hydrogen) atoms. The zero-order valence-corrected chi connectivity index (χ0v) is 16.7. The van der Waals surface area contributed by atoms with E-state index in [1.165, 1.54) is 6.07 Å². The number of methoxy groups -OCH3 is 1. The Morgan fingerprint density at radius 2 is 1.93 bits per heavy atom. The van der Waals surface area contributed by atoms with Gasteiger partial charge in [-0.15, -0.1) is 0 Å². The van der Waals surface area contributed by atoms with Gasteiger partial charge in [0.2, 0.25) is 0 Å². The number of carbonyl (C=O) groups excluding carboxylic acids is 1. The molecule has 2 aromatic carbocycles. The summed E-state index contributed by atoms with van der Waals surface area (Å²) in [6, 6.07) is 12.0. The Labute approximate surface area is 165 Å². The summed E-state index contributed by atoms with van der Waals surface area (Å²) < 4.78 is 18.9. The summed E-state index contributed by atoms with van der Waals surface area (Å²) in [4.78, 5) is 16.3. The van der Waals surface area contributed by atoms with Gasteiger partial charge >= 0.3 is 0 Å². The summed E-state index contributed by atoms with van der Waals surface area (Å²) in [6.07, 6.45) is 0. The highest BCUT2D eigenvalue weighted by atomic mass is 19.1. The zero-order chi connectivity index (χ0) is 20.5. The van der Waals surface area contributed by atoms with Gasteiger partial charge in [0.15, 0.2) is 5.96 Å². The van der Waals surface area contributed by atoms with Crippen LogP contribution < -0.4 is 20.7 Å². The van der Waals surface area contributed by atoms with Crippen molar-refractivity contribution < 1.29 is 13.9 Å². The van der Waals surface area contributed by atoms with Gasteiger partial charge in [-0.3, -0.25) is 9.79 Å². The molecule has 0 aliphatic heterocycles. The SMILES string of the molecule is CN=C(NCCNC(=O)c1cccc(OC)c1)NC(C)c1ccc(C)c(F)c1. The van der Waals surface area contributed by atoms with Crippen molar-refractivity contribution in [3.05, 3.63) is 65.0 Å². The summed E-state index contributed by atoms with van der Waals surface area (Å²) in [7, 11) is 3.22. The molecular weight excluding hydrogens is 359 g/mol. The lowest BCUT2D eigenvalue weighted by atomic mass is 10.1. The predicted molar refractivity (Wildman–Crippen MR) is 109 cm³/mol. The van der Waals surface area contributed by atoms with Gasteiger partial charge in [0.05, 0.1) is 13.2 Å². The molecule has 1 unspecified atom stereocenters. The number of aryl methyl sites for hydroxylation is 1. The molecule has 0 saturated heterocycles. The smallest absolute Gasteiger partial charge is 0.251 e. The lowest BCUT2D eigenvalue weighted by Crippen LogP contribution is -2.42. The van der Waals surface area contributed by atoms with Gasteiger partial charge in [0, 0.05) is 25.7 Å². The van der Waals surface area contributed by atoms with Crippen molar-refractivity contribution in [3.8, 4) is 5.75 Å². The quantitative estimate of drug-likeness (QED) is 0.389. The second-order valence-corrected chi connectivity index (χ2v) is 6.36. The molecule has 7 heteroatoms. The maximum absolute atomic E-state index is 13.7. The highest BCUT2D eigenvalue weighted by molar-refractivity contribution is 5.94. The van der Waals surface area contributed by atoms with Crippen LogP contribution >= 0.6 is 0 Å². The average molecular weight is 386 g/mol. The number of nitrogens with one attached hydrogen (secondary N) is 3. The minimum Gasteiger partial charge on any atom is -0.497 e. The summed E-state index contributed by atoms with van der Waals surface area (Å²) in [6.45, 7) is 4.58. The molecular formula is C21H27FN4O2. The van der Waals surface area contributed by atoms with E-state index in [4.69, 9.17) is 4.74 Å². The van der Waals surface area contributed by atoms with E-state index in [0.29, 0.717) is 35.9 Å². The van der Waals surface area contributed by atoms with Crippen LogP contribution in [0.1, 0.15) is 34.5 Å². The molecule has 0 fully saturated rings. The molecule has 0 aromatic heterocycles. The molecule has 150 valence electrons. The van der Waals surface area contributed by atoms with E-state index in [-0.39, 0.29) is 17.8 Å². The van der Waals surface area contributed by atoms with E-state index < -0.39 is 0 Å². The maximum atomic E-state index is 13.7. The molecule has 0 radical (unpaired) electrons. The van der Waals surface area contributed by atoms with Gasteiger partial charge < -0.3 is 20.7 Å². The van der Waals surface area contributed by atoms with Gasteiger partial charge in [-0.25, -0.2) is 4.39 Å². The van der Waals surface area contributed by atoms with E-state index in [9.17, 15) is 9.18 Å². The van der Waals surface area contributed by atoms with Crippen LogP contribution in [0.15, 0.2) is 47.5 Å². The minimum absolute atomic E-state index is 0.118. The van der Waals surface area contributed by atoms with Gasteiger partial charge in [0.1, 0.15) is 11.6 Å². The van der Waals surface area contributed by atoms with E-state index >= 15 is 0 Å². The maximum Gasteiger partial charge on any atom is 0.251 e. The van der Waals surface area contributed by atoms with Crippen LogP contribution in [-0.2, 0) is 0 Å². The number of benzene rings is 2. The van der Waals surface area contributed by atoms with Gasteiger partial charge in [-0.05, 0) is 49.2 Å². The fourth-order valence-corrected chi connectivity index (χ4v) is 2.58. The standard InChI is InChI=1S/C21H27FN4O2/c1-14-8-9-16(13-19(14)22)15(2)26-21(23-3)25-11-10-24-20(27)17-6-5-7-18(12-17)28-4/h5-9,12-13,15H,10-11H2,1-4H3,(H,24,27)(H2,23,25,26). The third kappa shape index (κ3) is 5.97. The predicted octanol–water partition coefficient (Wildman–Crippen LogP) is 2.80. The number of aliphatic imine (C=N–C) groups is 1. The third-order valence-corrected chi connectivity index (χ3v) is 4.31. The number of hydrogen-bond donors (Lipinski definition) is 3. The molecule has 0 bridgehead atoms. The highest BCUT2D eigenvalue weighted by Gasteiger charge is 2.10. The fraction of sp³-hybridized carbons (Fsp3) is 0.333. The molecule has 0 saturated carbocycles. The Morgan fingerprint density at radius 1 is 1.18 bits per heavy atom. The number of nitrogens with zero attached hydrogens (tertiary/aromatic N) is 1. The minimum atomic E-state index is -0.227. The first-order valence-electron chi connectivity index (χ1n) is 9.10. The van der Waals surface area contributed by atoms with Gasteiger partial charge in [0.25, 0.3) is 5.91 Å². The van der Waals surface area contributed by atoms with E-state index in [0.717, 1.165) is 5.56 Å². The number of halogens is 1. The molecule has 0 heterocycles. The van der Waals surface area contributed by atoms with Crippen molar-refractivity contribution >= 4 is 11.9 Å². The van der Waals surface area contributed by atoms with Crippen LogP contribution in [-0.4, -0.2) is 39.1 Å². The van der Waals surface area contributed by atoms with Crippen molar-refractivity contribution in [2.75, 3.05) is 27.2 Å². The first-order valence-corrected chi connectivity index (χ1v) is 9.10. The molecule has 1 amide bonds. The summed E-state index contributed by atoms with van der Waals surface area (Å²) >= 11 is 0. The first kappa shape index (κ1) is 21.2. The van der Waals surface area contributed by atoms with Crippen molar-refractivity contribution in [2.24, 2.45) is 4.99 Å². The lowest BCUT2D eigenvalue weighted by Gasteiger charge is -2.19. The Kier molecular flexibility index (Phi) is 7.80. The van der Waals surface area contributed by atoms with Crippen LogP contribution in [0.5, 0.6) is 5.75 Å². The number of ether oxygens (including phenoxy) is 1. The molecule has 2 aromatic rings. The topological polar surface area (TPSA) is 74.8 Å². The van der Waals surface area contributed by atoms with Crippen molar-refractivity contribution in [1.29, 1.82) is 0 Å². The molecule has 6 nitrogen and oxygen atoms in total. The zero-order valence-electron chi connectivity index (χ0n) is 16.7. The molecule has 0 aliphatic carbocycles. The van der Waals surface area contributed by atoms with E-state index in [1.54, 1.807) is 51.4 Å². The second-order valence-electron chi connectivity index (χ2n) is 6.36. The number of hydrogen-bond acceptors (Lipinski definition) is 3. The fourth-order valence-electron chi connectivity index (χ4n) is 2.58. The van der Waals surface area contributed by atoms with Crippen LogP contribution in [0.4, 0.5) is 4.39 Å². The number of amides is 1. The van der Waals surface area contributed by atoms with Crippen LogP contribution in [0.3, 0.4) is 0 Å². The Morgan fingerprint density at radius 3 is 2.61 bits per heavy atom. The normalized spacial score (nSPS) is 12.2. The average Bonchev–Trinajstić information content (AvgIpc) is 2.71. The number of guanidine groups is 1. The van der Waals surface area contributed by atoms with Crippen LogP contribution in [0.25, 0.3) is 0 Å². The second kappa shape index (κ2) is 10.3. The van der Waals surface area contributed by atoms with Crippen molar-refractivity contribution in [3.63, 3.8) is 0 Å². The van der Waals surface area contributed by atoms with Crippen molar-refractivity contribution in [1.82, 2.24) is 16.0 Å². The highest BCUT2D eigenvalue weighted by Crippen LogP contribution is 2.16. The lowest BCUT2D eigenvalue weighted by molar-refractivity contribution is 0.0954. The Bertz CT molecular complexity index is 839. The van der Waals surface area contributed by atoms with Crippen LogP contribution in [0.2, 0.25) is 0 Å². The molecule has 3 N–H and O–H groups in total. The Balaban J connectivity index is 1.80. The van der Waals surface area contributed by atoms with E-state index in [2.05, 4.69) is 20.9 Å². The summed E-state index contributed by atoms with van der Waals surface area (Å²) in [5, 5.41) is 9.18.